The van der Waals surface area contributed by atoms with E-state index < -0.39 is 5.60 Å². The molecule has 1 aliphatic rings. The highest BCUT2D eigenvalue weighted by atomic mass is 16.3. The van der Waals surface area contributed by atoms with E-state index in [1.54, 1.807) is 22.0 Å². The van der Waals surface area contributed by atoms with Crippen molar-refractivity contribution in [2.75, 3.05) is 13.1 Å². The molecule has 3 heterocycles. The number of likely N-dealkylation sites (tertiary alicyclic amines) is 1. The summed E-state index contributed by atoms with van der Waals surface area (Å²) in [6.07, 6.45) is 5.53. The molecule has 3 aromatic rings. The Morgan fingerprint density at radius 2 is 2.31 bits per heavy atom. The fourth-order valence-corrected chi connectivity index (χ4v) is 3.61. The van der Waals surface area contributed by atoms with Crippen LogP contribution in [0.4, 0.5) is 0 Å². The van der Waals surface area contributed by atoms with Crippen molar-refractivity contribution < 1.29 is 9.90 Å². The van der Waals surface area contributed by atoms with Crippen LogP contribution < -0.4 is 0 Å². The number of carbonyl (C=O) groups is 1. The Morgan fingerprint density at radius 1 is 1.42 bits per heavy atom. The average molecular weight is 354 g/mol. The second-order valence-electron chi connectivity index (χ2n) is 7.15. The molecule has 1 saturated heterocycles. The summed E-state index contributed by atoms with van der Waals surface area (Å²) in [6, 6.07) is 5.86. The van der Waals surface area contributed by atoms with Crippen LogP contribution in [-0.2, 0) is 24.7 Å². The smallest absolute Gasteiger partial charge is 0.227 e. The van der Waals surface area contributed by atoms with Gasteiger partial charge in [-0.2, -0.15) is 5.10 Å². The number of H-pyrrole nitrogens is 1. The van der Waals surface area contributed by atoms with E-state index in [1.807, 2.05) is 25.2 Å². The van der Waals surface area contributed by atoms with E-state index in [0.717, 1.165) is 28.7 Å². The number of aliphatic hydroxyl groups is 1. The summed E-state index contributed by atoms with van der Waals surface area (Å²) >= 11 is 0. The zero-order valence-electron chi connectivity index (χ0n) is 14.7. The minimum absolute atomic E-state index is 0.0277. The zero-order valence-corrected chi connectivity index (χ0v) is 14.7. The van der Waals surface area contributed by atoms with Gasteiger partial charge in [0.2, 0.25) is 5.91 Å². The molecular formula is C18H22N6O2. The SMILES string of the molecule is Cn1cnnc1CC1(O)CCCN(C(=O)Cc2ccc3cn[nH]c3c2)C1. The summed E-state index contributed by atoms with van der Waals surface area (Å²) in [4.78, 5) is 14.5. The number of nitrogens with one attached hydrogen (secondary N) is 1. The first-order chi connectivity index (χ1) is 12.5. The van der Waals surface area contributed by atoms with Crippen LogP contribution in [0.1, 0.15) is 24.2 Å². The summed E-state index contributed by atoms with van der Waals surface area (Å²) < 4.78 is 1.80. The maximum absolute atomic E-state index is 12.8. The summed E-state index contributed by atoms with van der Waals surface area (Å²) in [6.45, 7) is 0.997. The molecular weight excluding hydrogens is 332 g/mol. The molecule has 8 nitrogen and oxygen atoms in total. The number of piperidine rings is 1. The highest BCUT2D eigenvalue weighted by molar-refractivity contribution is 5.83. The van der Waals surface area contributed by atoms with Crippen molar-refractivity contribution >= 4 is 16.8 Å². The molecule has 1 aliphatic heterocycles. The number of hydrogen-bond acceptors (Lipinski definition) is 5. The van der Waals surface area contributed by atoms with Gasteiger partial charge in [0.15, 0.2) is 0 Å². The summed E-state index contributed by atoms with van der Waals surface area (Å²) in [7, 11) is 1.86. The first kappa shape index (κ1) is 16.7. The molecule has 1 aromatic carbocycles. The monoisotopic (exact) mass is 354 g/mol. The number of nitrogens with zero attached hydrogens (tertiary/aromatic N) is 5. The highest BCUT2D eigenvalue weighted by Crippen LogP contribution is 2.25. The minimum Gasteiger partial charge on any atom is -0.388 e. The normalized spacial score (nSPS) is 20.6. The third-order valence-electron chi connectivity index (χ3n) is 5.06. The van der Waals surface area contributed by atoms with Crippen molar-refractivity contribution in [3.63, 3.8) is 0 Å². The standard InChI is InChI=1S/C18H22N6O2/c1-23-12-20-22-16(23)9-18(26)5-2-6-24(11-18)17(25)8-13-3-4-14-10-19-21-15(14)7-13/h3-4,7,10,12,26H,2,5-6,8-9,11H2,1H3,(H,19,21). The average Bonchev–Trinajstić information content (AvgIpc) is 3.23. The molecule has 4 rings (SSSR count). The van der Waals surface area contributed by atoms with Gasteiger partial charge >= 0.3 is 0 Å². The van der Waals surface area contributed by atoms with Crippen molar-refractivity contribution in [3.05, 3.63) is 42.1 Å². The Hall–Kier alpha value is -2.74. The Labute approximate surface area is 150 Å². The first-order valence-corrected chi connectivity index (χ1v) is 8.77. The van der Waals surface area contributed by atoms with Crippen LogP contribution in [-0.4, -0.2) is 59.6 Å². The van der Waals surface area contributed by atoms with E-state index in [9.17, 15) is 9.90 Å². The molecule has 0 spiro atoms. The topological polar surface area (TPSA) is 99.9 Å². The van der Waals surface area contributed by atoms with Crippen LogP contribution in [0.25, 0.3) is 10.9 Å². The lowest BCUT2D eigenvalue weighted by Crippen LogP contribution is -2.52. The van der Waals surface area contributed by atoms with E-state index >= 15 is 0 Å². The quantitative estimate of drug-likeness (QED) is 0.723. The van der Waals surface area contributed by atoms with E-state index in [0.29, 0.717) is 32.4 Å². The number of aromatic nitrogens is 5. The second-order valence-corrected chi connectivity index (χ2v) is 7.15. The molecule has 0 saturated carbocycles. The number of fused-ring (bicyclic) bond motifs is 1. The number of hydrogen-bond donors (Lipinski definition) is 2. The molecule has 1 fully saturated rings. The van der Waals surface area contributed by atoms with Crippen LogP contribution in [0, 0.1) is 0 Å². The Balaban J connectivity index is 1.44. The van der Waals surface area contributed by atoms with Crippen LogP contribution in [0.3, 0.4) is 0 Å². The predicted molar refractivity (Wildman–Crippen MR) is 95.3 cm³/mol. The van der Waals surface area contributed by atoms with Crippen molar-refractivity contribution in [1.82, 2.24) is 29.9 Å². The molecule has 8 heteroatoms. The molecule has 1 amide bonds. The first-order valence-electron chi connectivity index (χ1n) is 8.77. The Kier molecular flexibility index (Phi) is 4.20. The second kappa shape index (κ2) is 6.53. The largest absolute Gasteiger partial charge is 0.388 e. The third-order valence-corrected chi connectivity index (χ3v) is 5.06. The number of carbonyl (C=O) groups excluding carboxylic acids is 1. The molecule has 0 radical (unpaired) electrons. The van der Waals surface area contributed by atoms with Gasteiger partial charge < -0.3 is 14.6 Å². The van der Waals surface area contributed by atoms with Crippen molar-refractivity contribution in [2.24, 2.45) is 7.05 Å². The van der Waals surface area contributed by atoms with E-state index in [4.69, 9.17) is 0 Å². The molecule has 2 N–H and O–H groups in total. The van der Waals surface area contributed by atoms with Gasteiger partial charge in [-0.3, -0.25) is 9.89 Å². The summed E-state index contributed by atoms with van der Waals surface area (Å²) in [5.41, 5.74) is 0.907. The van der Waals surface area contributed by atoms with Crippen LogP contribution in [0.15, 0.2) is 30.7 Å². The lowest BCUT2D eigenvalue weighted by Gasteiger charge is -2.39. The Morgan fingerprint density at radius 3 is 3.12 bits per heavy atom. The highest BCUT2D eigenvalue weighted by Gasteiger charge is 2.36. The fourth-order valence-electron chi connectivity index (χ4n) is 3.61. The van der Waals surface area contributed by atoms with Crippen molar-refractivity contribution in [3.8, 4) is 0 Å². The minimum atomic E-state index is -0.956. The lowest BCUT2D eigenvalue weighted by atomic mass is 9.89. The number of amides is 1. The zero-order chi connectivity index (χ0) is 18.1. The Bertz CT molecular complexity index is 933. The number of rotatable bonds is 4. The van der Waals surface area contributed by atoms with Crippen molar-refractivity contribution in [1.29, 1.82) is 0 Å². The predicted octanol–water partition coefficient (Wildman–Crippen LogP) is 0.830. The molecule has 2 aromatic heterocycles. The van der Waals surface area contributed by atoms with Gasteiger partial charge in [-0.15, -0.1) is 10.2 Å². The number of β-amino-alcohol motifs (C(OH)–C–C–N with tert-alkyl or cyclic N) is 1. The van der Waals surface area contributed by atoms with E-state index in [-0.39, 0.29) is 5.91 Å². The van der Waals surface area contributed by atoms with Crippen LogP contribution in [0.2, 0.25) is 0 Å². The van der Waals surface area contributed by atoms with Crippen LogP contribution >= 0.6 is 0 Å². The number of aryl methyl sites for hydroxylation is 1. The summed E-state index contributed by atoms with van der Waals surface area (Å²) in [5.74, 6) is 0.756. The van der Waals surface area contributed by atoms with Gasteiger partial charge in [-0.25, -0.2) is 0 Å². The molecule has 1 unspecified atom stereocenters. The van der Waals surface area contributed by atoms with Gasteiger partial charge in [-0.1, -0.05) is 12.1 Å². The molecule has 26 heavy (non-hydrogen) atoms. The van der Waals surface area contributed by atoms with Gasteiger partial charge in [-0.05, 0) is 24.5 Å². The molecule has 0 bridgehead atoms. The van der Waals surface area contributed by atoms with Gasteiger partial charge in [0.05, 0.1) is 23.7 Å². The summed E-state index contributed by atoms with van der Waals surface area (Å²) in [5, 5.41) is 26.9. The number of benzene rings is 1. The van der Waals surface area contributed by atoms with E-state index in [2.05, 4.69) is 20.4 Å². The van der Waals surface area contributed by atoms with Crippen molar-refractivity contribution in [2.45, 2.75) is 31.3 Å². The molecule has 136 valence electrons. The van der Waals surface area contributed by atoms with Gasteiger partial charge in [0.25, 0.3) is 0 Å². The van der Waals surface area contributed by atoms with Crippen LogP contribution in [0.5, 0.6) is 0 Å². The maximum Gasteiger partial charge on any atom is 0.227 e. The maximum atomic E-state index is 12.8. The molecule has 0 aliphatic carbocycles. The van der Waals surface area contributed by atoms with E-state index in [1.165, 1.54) is 0 Å². The van der Waals surface area contributed by atoms with Gasteiger partial charge in [0.1, 0.15) is 12.2 Å². The molecule has 1 atom stereocenters. The van der Waals surface area contributed by atoms with Gasteiger partial charge in [0, 0.05) is 31.9 Å². The fraction of sp³-hybridized carbons (Fsp3) is 0.444. The lowest BCUT2D eigenvalue weighted by molar-refractivity contribution is -0.137. The number of aromatic amines is 1. The third kappa shape index (κ3) is 3.32.